The summed E-state index contributed by atoms with van der Waals surface area (Å²) in [7, 11) is -3.53. The van der Waals surface area contributed by atoms with E-state index < -0.39 is 15.7 Å². The zero-order valence-corrected chi connectivity index (χ0v) is 18.2. The molecule has 0 unspecified atom stereocenters. The third-order valence-corrected chi connectivity index (χ3v) is 7.40. The van der Waals surface area contributed by atoms with Crippen molar-refractivity contribution >= 4 is 32.9 Å². The lowest BCUT2D eigenvalue weighted by Gasteiger charge is -2.39. The molecule has 2 aromatic carbocycles. The SMILES string of the molecule is CCCS(=O)(=O)c1ccccc1C(=O)N1CCN(c2nc3ccc(F)cc3o2)C[C@@H]1C. The Morgan fingerprint density at radius 3 is 2.74 bits per heavy atom. The van der Waals surface area contributed by atoms with Gasteiger partial charge >= 0.3 is 0 Å². The van der Waals surface area contributed by atoms with E-state index in [1.807, 2.05) is 11.8 Å². The van der Waals surface area contributed by atoms with Gasteiger partial charge in [0.2, 0.25) is 0 Å². The standard InChI is InChI=1S/C22H24FN3O4S/c1-3-12-31(28,29)20-7-5-4-6-17(20)21(27)26-11-10-25(14-15(26)2)22-24-18-9-8-16(23)13-19(18)30-22/h4-9,13,15H,3,10-12,14H2,1-2H3/t15-/m0/s1. The van der Waals surface area contributed by atoms with Gasteiger partial charge in [0.1, 0.15) is 11.3 Å². The van der Waals surface area contributed by atoms with E-state index in [1.54, 1.807) is 36.1 Å². The first kappa shape index (κ1) is 21.3. The Kier molecular flexibility index (Phi) is 5.70. The van der Waals surface area contributed by atoms with E-state index in [1.165, 1.54) is 18.2 Å². The quantitative estimate of drug-likeness (QED) is 0.598. The van der Waals surface area contributed by atoms with Crippen LogP contribution in [0.2, 0.25) is 0 Å². The molecule has 164 valence electrons. The Balaban J connectivity index is 1.55. The van der Waals surface area contributed by atoms with Gasteiger partial charge in [0, 0.05) is 31.7 Å². The van der Waals surface area contributed by atoms with Gasteiger partial charge in [-0.3, -0.25) is 4.79 Å². The number of fused-ring (bicyclic) bond motifs is 1. The number of benzene rings is 2. The van der Waals surface area contributed by atoms with Crippen molar-refractivity contribution in [2.24, 2.45) is 0 Å². The molecule has 1 aromatic heterocycles. The van der Waals surface area contributed by atoms with E-state index in [4.69, 9.17) is 4.42 Å². The number of sulfone groups is 1. The number of piperazine rings is 1. The highest BCUT2D eigenvalue weighted by molar-refractivity contribution is 7.91. The molecule has 2 heterocycles. The summed E-state index contributed by atoms with van der Waals surface area (Å²) < 4.78 is 44.4. The Morgan fingerprint density at radius 1 is 1.23 bits per heavy atom. The highest BCUT2D eigenvalue weighted by Crippen LogP contribution is 2.26. The highest BCUT2D eigenvalue weighted by Gasteiger charge is 2.32. The van der Waals surface area contributed by atoms with Crippen LogP contribution in [-0.2, 0) is 9.84 Å². The fourth-order valence-corrected chi connectivity index (χ4v) is 5.44. The molecule has 3 aromatic rings. The van der Waals surface area contributed by atoms with Crippen LogP contribution in [0, 0.1) is 5.82 Å². The third kappa shape index (κ3) is 4.14. The fraction of sp³-hybridized carbons (Fsp3) is 0.364. The molecule has 1 atom stereocenters. The number of carbonyl (C=O) groups is 1. The van der Waals surface area contributed by atoms with Crippen molar-refractivity contribution < 1.29 is 22.0 Å². The maximum absolute atomic E-state index is 13.4. The normalized spacial score (nSPS) is 17.3. The average Bonchev–Trinajstić information content (AvgIpc) is 3.16. The number of hydrogen-bond acceptors (Lipinski definition) is 6. The highest BCUT2D eigenvalue weighted by atomic mass is 32.2. The van der Waals surface area contributed by atoms with Crippen molar-refractivity contribution in [2.75, 3.05) is 30.3 Å². The molecule has 4 rings (SSSR count). The van der Waals surface area contributed by atoms with E-state index >= 15 is 0 Å². The Hall–Kier alpha value is -2.94. The van der Waals surface area contributed by atoms with Crippen LogP contribution in [0.3, 0.4) is 0 Å². The van der Waals surface area contributed by atoms with Gasteiger partial charge in [-0.25, -0.2) is 12.8 Å². The van der Waals surface area contributed by atoms with E-state index in [0.29, 0.717) is 43.2 Å². The topological polar surface area (TPSA) is 83.7 Å². The first-order chi connectivity index (χ1) is 14.8. The smallest absolute Gasteiger partial charge is 0.298 e. The van der Waals surface area contributed by atoms with Gasteiger partial charge in [0.05, 0.1) is 16.2 Å². The summed E-state index contributed by atoms with van der Waals surface area (Å²) in [6.45, 7) is 5.01. The monoisotopic (exact) mass is 445 g/mol. The molecule has 0 aliphatic carbocycles. The van der Waals surface area contributed by atoms with Gasteiger partial charge in [-0.15, -0.1) is 0 Å². The van der Waals surface area contributed by atoms with Crippen molar-refractivity contribution in [2.45, 2.75) is 31.2 Å². The van der Waals surface area contributed by atoms with Crippen LogP contribution in [-0.4, -0.2) is 55.6 Å². The number of carbonyl (C=O) groups excluding carboxylic acids is 1. The number of aromatic nitrogens is 1. The molecule has 7 nitrogen and oxygen atoms in total. The molecule has 1 aliphatic rings. The first-order valence-corrected chi connectivity index (χ1v) is 11.9. The summed E-state index contributed by atoms with van der Waals surface area (Å²) in [6.07, 6.45) is 0.480. The second-order valence-corrected chi connectivity index (χ2v) is 9.79. The van der Waals surface area contributed by atoms with Gasteiger partial charge in [0.15, 0.2) is 15.4 Å². The predicted octanol–water partition coefficient (Wildman–Crippen LogP) is 3.50. The molecule has 31 heavy (non-hydrogen) atoms. The van der Waals surface area contributed by atoms with Crippen molar-refractivity contribution in [3.63, 3.8) is 0 Å². The molecule has 1 saturated heterocycles. The first-order valence-electron chi connectivity index (χ1n) is 10.2. The minimum absolute atomic E-state index is 0.00105. The number of amides is 1. The van der Waals surface area contributed by atoms with Crippen LogP contribution in [0.4, 0.5) is 10.4 Å². The fourth-order valence-electron chi connectivity index (χ4n) is 3.90. The zero-order valence-electron chi connectivity index (χ0n) is 17.4. The van der Waals surface area contributed by atoms with Crippen LogP contribution in [0.5, 0.6) is 0 Å². The Labute approximate surface area is 180 Å². The molecule has 1 fully saturated rings. The van der Waals surface area contributed by atoms with E-state index in [0.717, 1.165) is 0 Å². The summed E-state index contributed by atoms with van der Waals surface area (Å²) in [4.78, 5) is 21.4. The van der Waals surface area contributed by atoms with Gasteiger partial charge in [-0.1, -0.05) is 19.1 Å². The lowest BCUT2D eigenvalue weighted by atomic mass is 10.1. The second kappa shape index (κ2) is 8.30. The lowest BCUT2D eigenvalue weighted by molar-refractivity contribution is 0.0667. The minimum Gasteiger partial charge on any atom is -0.423 e. The van der Waals surface area contributed by atoms with Crippen molar-refractivity contribution in [1.29, 1.82) is 0 Å². The number of hydrogen-bond donors (Lipinski definition) is 0. The molecule has 9 heteroatoms. The average molecular weight is 446 g/mol. The van der Waals surface area contributed by atoms with Crippen molar-refractivity contribution in [1.82, 2.24) is 9.88 Å². The van der Waals surface area contributed by atoms with Crippen molar-refractivity contribution in [3.8, 4) is 0 Å². The molecule has 0 saturated carbocycles. The largest absolute Gasteiger partial charge is 0.423 e. The van der Waals surface area contributed by atoms with Gasteiger partial charge in [-0.05, 0) is 37.6 Å². The predicted molar refractivity (Wildman–Crippen MR) is 115 cm³/mol. The molecule has 0 bridgehead atoms. The molecule has 0 spiro atoms. The zero-order chi connectivity index (χ0) is 22.2. The summed E-state index contributed by atoms with van der Waals surface area (Å²) >= 11 is 0. The second-order valence-electron chi connectivity index (χ2n) is 7.72. The summed E-state index contributed by atoms with van der Waals surface area (Å²) in [5.41, 5.74) is 1.14. The maximum atomic E-state index is 13.4. The summed E-state index contributed by atoms with van der Waals surface area (Å²) in [5, 5.41) is 0. The molecular weight excluding hydrogens is 421 g/mol. The Bertz CT molecular complexity index is 1220. The van der Waals surface area contributed by atoms with Gasteiger partial charge in [0.25, 0.3) is 11.9 Å². The van der Waals surface area contributed by atoms with E-state index in [-0.39, 0.29) is 28.2 Å². The van der Waals surface area contributed by atoms with Crippen LogP contribution in [0.25, 0.3) is 11.1 Å². The number of oxazole rings is 1. The molecule has 0 N–H and O–H groups in total. The van der Waals surface area contributed by atoms with Crippen molar-refractivity contribution in [3.05, 3.63) is 53.8 Å². The number of rotatable bonds is 5. The molecule has 1 aliphatic heterocycles. The number of halogens is 1. The molecular formula is C22H24FN3O4S. The minimum atomic E-state index is -3.53. The molecule has 0 radical (unpaired) electrons. The number of nitrogens with zero attached hydrogens (tertiary/aromatic N) is 3. The van der Waals surface area contributed by atoms with Crippen LogP contribution in [0.15, 0.2) is 51.8 Å². The van der Waals surface area contributed by atoms with Crippen LogP contribution >= 0.6 is 0 Å². The summed E-state index contributed by atoms with van der Waals surface area (Å²) in [6, 6.07) is 10.7. The van der Waals surface area contributed by atoms with Gasteiger partial charge in [-0.2, -0.15) is 4.98 Å². The third-order valence-electron chi connectivity index (χ3n) is 5.42. The van der Waals surface area contributed by atoms with Crippen LogP contribution in [0.1, 0.15) is 30.6 Å². The van der Waals surface area contributed by atoms with Gasteiger partial charge < -0.3 is 14.2 Å². The van der Waals surface area contributed by atoms with Crippen LogP contribution < -0.4 is 4.90 Å². The number of anilines is 1. The van der Waals surface area contributed by atoms with E-state index in [9.17, 15) is 17.6 Å². The molecule has 1 amide bonds. The maximum Gasteiger partial charge on any atom is 0.298 e. The summed E-state index contributed by atoms with van der Waals surface area (Å²) in [5.74, 6) is -0.698. The Morgan fingerprint density at radius 2 is 2.00 bits per heavy atom. The van der Waals surface area contributed by atoms with E-state index in [2.05, 4.69) is 4.98 Å². The lowest BCUT2D eigenvalue weighted by Crippen LogP contribution is -2.54.